The van der Waals surface area contributed by atoms with Crippen LogP contribution in [0.1, 0.15) is 18.6 Å². The summed E-state index contributed by atoms with van der Waals surface area (Å²) in [7, 11) is 0. The average Bonchev–Trinajstić information content (AvgIpc) is 3.13. The molecule has 1 saturated heterocycles. The maximum Gasteiger partial charge on any atom is 0.135 e. The lowest BCUT2D eigenvalue weighted by atomic mass is 10.2. The monoisotopic (exact) mass is 360 g/mol. The van der Waals surface area contributed by atoms with E-state index < -0.39 is 0 Å². The minimum atomic E-state index is 0. The van der Waals surface area contributed by atoms with E-state index in [2.05, 4.69) is 5.32 Å². The molecule has 120 valence electrons. The van der Waals surface area contributed by atoms with Crippen molar-refractivity contribution < 1.29 is 21.6 Å². The molecule has 1 atom stereocenters. The van der Waals surface area contributed by atoms with Crippen molar-refractivity contribution in [3.63, 3.8) is 0 Å². The first kappa shape index (κ1) is 17.6. The standard InChI is InChI=1S/C16H17Cl2NO2.ClH/c17-11-3-5-15(18)14(8-11)16-6-4-13(21-16)10-19-9-12-2-1-7-20-12;/h3-6,8,12,19H,1-2,7,9-10H2;1H/p-1. The van der Waals surface area contributed by atoms with Crippen LogP contribution in [-0.2, 0) is 11.3 Å². The van der Waals surface area contributed by atoms with Gasteiger partial charge < -0.3 is 26.9 Å². The summed E-state index contributed by atoms with van der Waals surface area (Å²) >= 11 is 12.2. The van der Waals surface area contributed by atoms with Crippen molar-refractivity contribution in [1.29, 1.82) is 0 Å². The Labute approximate surface area is 146 Å². The van der Waals surface area contributed by atoms with Gasteiger partial charge in [-0.05, 0) is 43.2 Å². The number of benzene rings is 1. The predicted octanol–water partition coefficient (Wildman–Crippen LogP) is 1.53. The number of halogens is 3. The minimum absolute atomic E-state index is 0. The molecule has 1 unspecified atom stereocenters. The topological polar surface area (TPSA) is 34.4 Å². The van der Waals surface area contributed by atoms with E-state index in [1.165, 1.54) is 0 Å². The van der Waals surface area contributed by atoms with E-state index in [1.807, 2.05) is 18.2 Å². The zero-order valence-corrected chi connectivity index (χ0v) is 14.2. The van der Waals surface area contributed by atoms with Crippen LogP contribution in [0.25, 0.3) is 11.3 Å². The van der Waals surface area contributed by atoms with Crippen molar-refractivity contribution in [3.05, 3.63) is 46.1 Å². The summed E-state index contributed by atoms with van der Waals surface area (Å²) in [5.74, 6) is 1.61. The van der Waals surface area contributed by atoms with Gasteiger partial charge in [-0.1, -0.05) is 23.2 Å². The molecule has 0 aliphatic carbocycles. The predicted molar refractivity (Wildman–Crippen MR) is 84.8 cm³/mol. The number of furan rings is 1. The van der Waals surface area contributed by atoms with Gasteiger partial charge in [0.15, 0.2) is 0 Å². The van der Waals surface area contributed by atoms with E-state index >= 15 is 0 Å². The zero-order valence-electron chi connectivity index (χ0n) is 12.0. The van der Waals surface area contributed by atoms with Crippen molar-refractivity contribution in [3.8, 4) is 11.3 Å². The Morgan fingerprint density at radius 2 is 2.05 bits per heavy atom. The zero-order chi connectivity index (χ0) is 14.7. The highest BCUT2D eigenvalue weighted by Crippen LogP contribution is 2.31. The number of rotatable bonds is 5. The molecule has 0 spiro atoms. The van der Waals surface area contributed by atoms with Gasteiger partial charge in [0.25, 0.3) is 0 Å². The number of ether oxygens (including phenoxy) is 1. The molecule has 0 radical (unpaired) electrons. The molecule has 1 aliphatic rings. The molecule has 1 N–H and O–H groups in total. The second-order valence-corrected chi connectivity index (χ2v) is 6.00. The molecule has 22 heavy (non-hydrogen) atoms. The molecular formula is C16H17Cl3NO2-. The summed E-state index contributed by atoms with van der Waals surface area (Å²) in [5, 5.41) is 4.63. The highest BCUT2D eigenvalue weighted by Gasteiger charge is 2.15. The van der Waals surface area contributed by atoms with Crippen LogP contribution in [0.5, 0.6) is 0 Å². The van der Waals surface area contributed by atoms with Gasteiger partial charge in [-0.25, -0.2) is 0 Å². The maximum atomic E-state index is 6.18. The quantitative estimate of drug-likeness (QED) is 0.877. The number of nitrogens with one attached hydrogen (secondary N) is 1. The Balaban J connectivity index is 0.00000176. The normalized spacial score (nSPS) is 17.5. The number of hydrogen-bond acceptors (Lipinski definition) is 3. The molecule has 1 aliphatic heterocycles. The summed E-state index contributed by atoms with van der Waals surface area (Å²) in [4.78, 5) is 0. The molecule has 0 amide bonds. The molecule has 1 aromatic heterocycles. The van der Waals surface area contributed by atoms with Crippen molar-refractivity contribution in [2.75, 3.05) is 13.2 Å². The Morgan fingerprint density at radius 1 is 1.18 bits per heavy atom. The van der Waals surface area contributed by atoms with Crippen molar-refractivity contribution in [2.24, 2.45) is 0 Å². The molecule has 2 heterocycles. The summed E-state index contributed by atoms with van der Waals surface area (Å²) in [5.41, 5.74) is 0.814. The molecule has 6 heteroatoms. The summed E-state index contributed by atoms with van der Waals surface area (Å²) < 4.78 is 11.4. The lowest BCUT2D eigenvalue weighted by molar-refractivity contribution is -0.00000601. The molecule has 1 aromatic carbocycles. The van der Waals surface area contributed by atoms with Gasteiger partial charge in [0.1, 0.15) is 11.5 Å². The smallest absolute Gasteiger partial charge is 0.135 e. The fraction of sp³-hybridized carbons (Fsp3) is 0.375. The van der Waals surface area contributed by atoms with Crippen LogP contribution in [0.15, 0.2) is 34.7 Å². The van der Waals surface area contributed by atoms with Crippen molar-refractivity contribution in [1.82, 2.24) is 5.32 Å². The Morgan fingerprint density at radius 3 is 2.82 bits per heavy atom. The van der Waals surface area contributed by atoms with Gasteiger partial charge in [0.05, 0.1) is 17.7 Å². The maximum absolute atomic E-state index is 6.18. The van der Waals surface area contributed by atoms with Gasteiger partial charge in [-0.2, -0.15) is 0 Å². The minimum Gasteiger partial charge on any atom is -1.00 e. The molecule has 3 rings (SSSR count). The first-order valence-electron chi connectivity index (χ1n) is 7.09. The van der Waals surface area contributed by atoms with Crippen LogP contribution in [0.3, 0.4) is 0 Å². The Hall–Kier alpha value is -0.710. The largest absolute Gasteiger partial charge is 1.00 e. The van der Waals surface area contributed by atoms with E-state index in [4.69, 9.17) is 32.4 Å². The van der Waals surface area contributed by atoms with Crippen molar-refractivity contribution >= 4 is 23.2 Å². The Kier molecular flexibility index (Phi) is 6.60. The fourth-order valence-corrected chi connectivity index (χ4v) is 2.85. The molecule has 1 fully saturated rings. The van der Waals surface area contributed by atoms with Crippen LogP contribution >= 0.6 is 23.2 Å². The Bertz CT molecular complexity index is 609. The summed E-state index contributed by atoms with van der Waals surface area (Å²) in [6.07, 6.45) is 2.63. The lowest BCUT2D eigenvalue weighted by Gasteiger charge is -2.09. The van der Waals surface area contributed by atoms with E-state index in [9.17, 15) is 0 Å². The van der Waals surface area contributed by atoms with Crippen molar-refractivity contribution in [2.45, 2.75) is 25.5 Å². The lowest BCUT2D eigenvalue weighted by Crippen LogP contribution is -3.00. The van der Waals surface area contributed by atoms with Gasteiger partial charge in [-0.3, -0.25) is 0 Å². The van der Waals surface area contributed by atoms with Gasteiger partial charge in [-0.15, -0.1) is 0 Å². The highest BCUT2D eigenvalue weighted by atomic mass is 35.5. The van der Waals surface area contributed by atoms with E-state index in [-0.39, 0.29) is 12.4 Å². The molecule has 0 saturated carbocycles. The van der Waals surface area contributed by atoms with Gasteiger partial charge in [0, 0.05) is 23.7 Å². The van der Waals surface area contributed by atoms with Crippen LogP contribution in [0.2, 0.25) is 10.0 Å². The average molecular weight is 362 g/mol. The highest BCUT2D eigenvalue weighted by molar-refractivity contribution is 6.35. The first-order chi connectivity index (χ1) is 10.2. The van der Waals surface area contributed by atoms with Gasteiger partial charge in [0.2, 0.25) is 0 Å². The SMILES string of the molecule is Clc1ccc(Cl)c(-c2ccc(CNCC3CCCO3)o2)c1.[Cl-]. The number of hydrogen-bond donors (Lipinski definition) is 1. The fourth-order valence-electron chi connectivity index (χ4n) is 2.47. The van der Waals surface area contributed by atoms with E-state index in [1.54, 1.807) is 12.1 Å². The molecule has 2 aromatic rings. The van der Waals surface area contributed by atoms with E-state index in [0.717, 1.165) is 43.1 Å². The summed E-state index contributed by atoms with van der Waals surface area (Å²) in [6.45, 7) is 2.41. The van der Waals surface area contributed by atoms with Crippen LogP contribution < -0.4 is 17.7 Å². The summed E-state index contributed by atoms with van der Waals surface area (Å²) in [6, 6.07) is 9.22. The van der Waals surface area contributed by atoms with E-state index in [0.29, 0.717) is 22.7 Å². The third kappa shape index (κ3) is 4.40. The van der Waals surface area contributed by atoms with Crippen LogP contribution in [0, 0.1) is 0 Å². The third-order valence-corrected chi connectivity index (χ3v) is 4.12. The second kappa shape index (κ2) is 8.23. The molecular weight excluding hydrogens is 345 g/mol. The second-order valence-electron chi connectivity index (χ2n) is 5.16. The van der Waals surface area contributed by atoms with Crippen LogP contribution in [-0.4, -0.2) is 19.3 Å². The molecule has 3 nitrogen and oxygen atoms in total. The molecule has 0 bridgehead atoms. The first-order valence-corrected chi connectivity index (χ1v) is 7.84. The van der Waals surface area contributed by atoms with Crippen LogP contribution in [0.4, 0.5) is 0 Å². The third-order valence-electron chi connectivity index (χ3n) is 3.55. The van der Waals surface area contributed by atoms with Gasteiger partial charge >= 0.3 is 0 Å².